The van der Waals surface area contributed by atoms with Crippen molar-refractivity contribution < 1.29 is 9.00 Å². The average Bonchev–Trinajstić information content (AvgIpc) is 3.05. The fraction of sp³-hybridized carbons (Fsp3) is 0.500. The third kappa shape index (κ3) is 3.33. The molecule has 0 N–H and O–H groups in total. The van der Waals surface area contributed by atoms with Crippen LogP contribution in [0.1, 0.15) is 67.3 Å². The second kappa shape index (κ2) is 7.78. The van der Waals surface area contributed by atoms with Gasteiger partial charge in [-0.05, 0) is 73.1 Å². The van der Waals surface area contributed by atoms with Gasteiger partial charge >= 0.3 is 0 Å². The fourth-order valence-electron chi connectivity index (χ4n) is 6.33. The van der Waals surface area contributed by atoms with Gasteiger partial charge in [0.1, 0.15) is 11.0 Å². The standard InChI is InChI=1S/C26H29BrN2O2S/c27-20-8-9-23-22(15-20)26(12-2-1-3-13-26)18-29(23)24(30)19-6-4-7-21(14-19)32(31)28-16-25(17-28)10-5-11-25/h4,6-9,14-15H,1-3,5,10-13,16-18H2. The van der Waals surface area contributed by atoms with E-state index in [0.29, 0.717) is 11.0 Å². The van der Waals surface area contributed by atoms with Gasteiger partial charge in [-0.25, -0.2) is 8.51 Å². The van der Waals surface area contributed by atoms with Crippen molar-refractivity contribution in [3.63, 3.8) is 0 Å². The van der Waals surface area contributed by atoms with E-state index in [1.807, 2.05) is 35.2 Å². The highest BCUT2D eigenvalue weighted by Gasteiger charge is 2.49. The number of amides is 1. The van der Waals surface area contributed by atoms with Gasteiger partial charge in [0, 0.05) is 40.8 Å². The summed E-state index contributed by atoms with van der Waals surface area (Å²) >= 11 is 3.64. The Morgan fingerprint density at radius 2 is 1.69 bits per heavy atom. The van der Waals surface area contributed by atoms with Crippen LogP contribution in [0.4, 0.5) is 5.69 Å². The van der Waals surface area contributed by atoms with E-state index in [1.165, 1.54) is 44.1 Å². The quantitative estimate of drug-likeness (QED) is 0.519. The van der Waals surface area contributed by atoms with Gasteiger partial charge in [0.15, 0.2) is 0 Å². The minimum Gasteiger partial charge on any atom is -0.307 e. The molecule has 6 rings (SSSR count). The van der Waals surface area contributed by atoms with Gasteiger partial charge in [0.25, 0.3) is 5.91 Å². The number of hydrogen-bond acceptors (Lipinski definition) is 2. The number of carbonyl (C=O) groups is 1. The molecule has 0 aromatic heterocycles. The molecule has 2 saturated carbocycles. The smallest absolute Gasteiger partial charge is 0.258 e. The molecule has 2 aromatic rings. The maximum atomic E-state index is 13.7. The molecule has 2 aliphatic carbocycles. The van der Waals surface area contributed by atoms with E-state index in [9.17, 15) is 9.00 Å². The third-order valence-corrected chi connectivity index (χ3v) is 10.2. The Kier molecular flexibility index (Phi) is 5.12. The molecular weight excluding hydrogens is 484 g/mol. The van der Waals surface area contributed by atoms with Crippen molar-refractivity contribution >= 4 is 38.5 Å². The van der Waals surface area contributed by atoms with Crippen LogP contribution in [0, 0.1) is 5.41 Å². The Hall–Kier alpha value is -1.50. The Morgan fingerprint density at radius 3 is 2.41 bits per heavy atom. The first kappa shape index (κ1) is 21.1. The Balaban J connectivity index is 1.27. The lowest BCUT2D eigenvalue weighted by Gasteiger charge is -2.54. The van der Waals surface area contributed by atoms with Gasteiger partial charge in [-0.3, -0.25) is 4.79 Å². The van der Waals surface area contributed by atoms with Crippen molar-refractivity contribution in [2.24, 2.45) is 5.41 Å². The third-order valence-electron chi connectivity index (χ3n) is 8.29. The number of benzene rings is 2. The summed E-state index contributed by atoms with van der Waals surface area (Å²) in [5.41, 5.74) is 3.50. The van der Waals surface area contributed by atoms with Gasteiger partial charge in [0.05, 0.1) is 4.90 Å². The van der Waals surface area contributed by atoms with Gasteiger partial charge in [-0.2, -0.15) is 0 Å². The highest BCUT2D eigenvalue weighted by Crippen LogP contribution is 2.51. The van der Waals surface area contributed by atoms with Gasteiger partial charge in [0.2, 0.25) is 0 Å². The first-order chi connectivity index (χ1) is 15.5. The van der Waals surface area contributed by atoms with E-state index in [4.69, 9.17) is 0 Å². The highest BCUT2D eigenvalue weighted by atomic mass is 79.9. The van der Waals surface area contributed by atoms with Crippen LogP contribution in [-0.4, -0.2) is 34.1 Å². The molecule has 2 heterocycles. The first-order valence-electron chi connectivity index (χ1n) is 11.9. The minimum atomic E-state index is -1.19. The number of anilines is 1. The van der Waals surface area contributed by atoms with E-state index in [2.05, 4.69) is 32.4 Å². The minimum absolute atomic E-state index is 0.0222. The maximum absolute atomic E-state index is 13.7. The van der Waals surface area contributed by atoms with Crippen molar-refractivity contribution in [1.29, 1.82) is 0 Å². The van der Waals surface area contributed by atoms with Crippen molar-refractivity contribution in [3.05, 3.63) is 58.1 Å². The number of nitrogens with zero attached hydrogens (tertiary/aromatic N) is 2. The number of halogens is 1. The molecule has 1 saturated heterocycles. The average molecular weight is 514 g/mol. The van der Waals surface area contributed by atoms with E-state index < -0.39 is 11.0 Å². The normalized spacial score (nSPS) is 24.1. The van der Waals surface area contributed by atoms with Crippen molar-refractivity contribution in [2.45, 2.75) is 61.7 Å². The summed E-state index contributed by atoms with van der Waals surface area (Å²) in [6.07, 6.45) is 9.85. The predicted octanol–water partition coefficient (Wildman–Crippen LogP) is 5.82. The molecule has 6 heteroatoms. The number of fused-ring (bicyclic) bond motifs is 2. The molecule has 2 aromatic carbocycles. The Labute approximate surface area is 201 Å². The lowest BCUT2D eigenvalue weighted by molar-refractivity contribution is -0.00483. The molecule has 32 heavy (non-hydrogen) atoms. The molecule has 3 fully saturated rings. The molecule has 0 radical (unpaired) electrons. The largest absolute Gasteiger partial charge is 0.307 e. The van der Waals surface area contributed by atoms with Crippen LogP contribution >= 0.6 is 15.9 Å². The monoisotopic (exact) mass is 512 g/mol. The topological polar surface area (TPSA) is 40.6 Å². The summed E-state index contributed by atoms with van der Waals surface area (Å²) in [5.74, 6) is 0.0222. The van der Waals surface area contributed by atoms with Gasteiger partial charge in [-0.15, -0.1) is 0 Å². The Morgan fingerprint density at radius 1 is 0.906 bits per heavy atom. The zero-order valence-electron chi connectivity index (χ0n) is 18.3. The molecule has 1 unspecified atom stereocenters. The molecule has 2 aliphatic heterocycles. The van der Waals surface area contributed by atoms with Crippen LogP contribution in [0.15, 0.2) is 51.8 Å². The summed E-state index contributed by atoms with van der Waals surface area (Å²) in [6, 6.07) is 13.9. The lowest BCUT2D eigenvalue weighted by Crippen LogP contribution is -2.59. The molecule has 1 atom stereocenters. The Bertz CT molecular complexity index is 1100. The second-order valence-electron chi connectivity index (χ2n) is 10.3. The van der Waals surface area contributed by atoms with Gasteiger partial charge in [-0.1, -0.05) is 47.7 Å². The predicted molar refractivity (Wildman–Crippen MR) is 131 cm³/mol. The van der Waals surface area contributed by atoms with E-state index in [1.54, 1.807) is 0 Å². The van der Waals surface area contributed by atoms with Crippen LogP contribution in [0.25, 0.3) is 0 Å². The summed E-state index contributed by atoms with van der Waals surface area (Å²) in [6.45, 7) is 2.60. The molecule has 1 amide bonds. The number of carbonyl (C=O) groups excluding carboxylic acids is 1. The van der Waals surface area contributed by atoms with Crippen LogP contribution in [0.2, 0.25) is 0 Å². The van der Waals surface area contributed by atoms with Crippen molar-refractivity contribution in [2.75, 3.05) is 24.5 Å². The molecule has 168 valence electrons. The first-order valence-corrected chi connectivity index (χ1v) is 13.8. The van der Waals surface area contributed by atoms with Crippen LogP contribution in [0.5, 0.6) is 0 Å². The summed E-state index contributed by atoms with van der Waals surface area (Å²) < 4.78 is 16.3. The fourth-order valence-corrected chi connectivity index (χ4v) is 8.20. The van der Waals surface area contributed by atoms with Crippen LogP contribution in [0.3, 0.4) is 0 Å². The summed E-state index contributed by atoms with van der Waals surface area (Å²) in [7, 11) is -1.19. The SMILES string of the molecule is O=C(c1cccc(S(=O)N2CC3(CCC3)C2)c1)N1CC2(CCCCC2)c2cc(Br)ccc21. The van der Waals surface area contributed by atoms with Crippen molar-refractivity contribution in [3.8, 4) is 0 Å². The van der Waals surface area contributed by atoms with Crippen LogP contribution in [-0.2, 0) is 16.4 Å². The van der Waals surface area contributed by atoms with E-state index in [-0.39, 0.29) is 11.3 Å². The van der Waals surface area contributed by atoms with Crippen LogP contribution < -0.4 is 4.90 Å². The molecule has 4 nitrogen and oxygen atoms in total. The van der Waals surface area contributed by atoms with Crippen molar-refractivity contribution in [1.82, 2.24) is 4.31 Å². The van der Waals surface area contributed by atoms with E-state index in [0.717, 1.165) is 47.5 Å². The molecule has 2 spiro atoms. The second-order valence-corrected chi connectivity index (χ2v) is 12.7. The maximum Gasteiger partial charge on any atom is 0.258 e. The number of hydrogen-bond donors (Lipinski definition) is 0. The zero-order valence-corrected chi connectivity index (χ0v) is 20.7. The number of rotatable bonds is 3. The lowest BCUT2D eigenvalue weighted by atomic mass is 9.65. The van der Waals surface area contributed by atoms with Gasteiger partial charge < -0.3 is 4.90 Å². The zero-order chi connectivity index (χ0) is 21.9. The summed E-state index contributed by atoms with van der Waals surface area (Å²) in [4.78, 5) is 16.4. The molecular formula is C26H29BrN2O2S. The molecule has 0 bridgehead atoms. The molecule has 4 aliphatic rings. The van der Waals surface area contributed by atoms with E-state index >= 15 is 0 Å². The highest BCUT2D eigenvalue weighted by molar-refractivity contribution is 9.10. The summed E-state index contributed by atoms with van der Waals surface area (Å²) in [5, 5.41) is 0.